The number of carbonyl (C=O) groups excluding carboxylic acids is 2. The Kier molecular flexibility index (Phi) is 5.71. The molecule has 1 amide bonds. The highest BCUT2D eigenvalue weighted by atomic mass is 16.5. The van der Waals surface area contributed by atoms with Crippen molar-refractivity contribution in [2.24, 2.45) is 0 Å². The van der Waals surface area contributed by atoms with Crippen LogP contribution in [0.1, 0.15) is 23.7 Å². The van der Waals surface area contributed by atoms with E-state index in [9.17, 15) is 9.59 Å². The summed E-state index contributed by atoms with van der Waals surface area (Å²) in [5.41, 5.74) is 3.42. The van der Waals surface area contributed by atoms with Gasteiger partial charge in [-0.15, -0.1) is 0 Å². The number of nitrogens with one attached hydrogen (secondary N) is 1. The van der Waals surface area contributed by atoms with Crippen LogP contribution in [-0.4, -0.2) is 49.6 Å². The van der Waals surface area contributed by atoms with Gasteiger partial charge < -0.3 is 9.47 Å². The first-order chi connectivity index (χ1) is 10.2. The van der Waals surface area contributed by atoms with Gasteiger partial charge in [-0.05, 0) is 24.3 Å². The quantitative estimate of drug-likeness (QED) is 0.793. The molecule has 2 rings (SSSR count). The molecule has 0 aliphatic carbocycles. The lowest BCUT2D eigenvalue weighted by Gasteiger charge is -2.26. The number of ketones is 1. The number of benzene rings is 1. The van der Waals surface area contributed by atoms with Crippen LogP contribution < -0.4 is 10.2 Å². The molecule has 1 aromatic rings. The summed E-state index contributed by atoms with van der Waals surface area (Å²) in [5, 5.41) is 1.82. The van der Waals surface area contributed by atoms with Gasteiger partial charge in [0.2, 0.25) is 0 Å². The molecule has 0 saturated carbocycles. The number of rotatable bonds is 6. The predicted octanol–water partition coefficient (Wildman–Crippen LogP) is 1.02. The minimum atomic E-state index is -0.203. The molecule has 1 aromatic carbocycles. The third kappa shape index (κ3) is 4.84. The molecule has 114 valence electrons. The van der Waals surface area contributed by atoms with Crippen molar-refractivity contribution in [3.63, 3.8) is 0 Å². The van der Waals surface area contributed by atoms with Gasteiger partial charge in [-0.25, -0.2) is 5.01 Å². The smallest absolute Gasteiger partial charge is 0.272 e. The van der Waals surface area contributed by atoms with E-state index in [4.69, 9.17) is 9.47 Å². The summed E-state index contributed by atoms with van der Waals surface area (Å²) in [5.74, 6) is 0.456. The van der Waals surface area contributed by atoms with Gasteiger partial charge in [0.25, 0.3) is 5.91 Å². The third-order valence-electron chi connectivity index (χ3n) is 3.16. The molecule has 0 unspecified atom stereocenters. The number of Topliss-reactive ketones (excluding diaryl/α,β-unsaturated/α-hetero) is 1. The number of morpholine rings is 1. The van der Waals surface area contributed by atoms with Crippen LogP contribution in [0.3, 0.4) is 0 Å². The molecular formula is C15H20N2O4. The predicted molar refractivity (Wildman–Crippen MR) is 77.1 cm³/mol. The second-order valence-electron chi connectivity index (χ2n) is 4.72. The summed E-state index contributed by atoms with van der Waals surface area (Å²) in [4.78, 5) is 23.2. The van der Waals surface area contributed by atoms with Gasteiger partial charge in [-0.1, -0.05) is 6.92 Å². The van der Waals surface area contributed by atoms with Crippen molar-refractivity contribution in [2.75, 3.05) is 32.9 Å². The Balaban J connectivity index is 1.76. The van der Waals surface area contributed by atoms with E-state index in [1.54, 1.807) is 24.3 Å². The summed E-state index contributed by atoms with van der Waals surface area (Å²) < 4.78 is 10.6. The SMILES string of the molecule is CCC(=O)c1ccc(OCC(=O)NN2CCOCC2)cc1. The van der Waals surface area contributed by atoms with Crippen molar-refractivity contribution in [3.05, 3.63) is 29.8 Å². The summed E-state index contributed by atoms with van der Waals surface area (Å²) in [6.07, 6.45) is 0.474. The fraction of sp³-hybridized carbons (Fsp3) is 0.467. The number of hydrogen-bond donors (Lipinski definition) is 1. The molecule has 6 nitrogen and oxygen atoms in total. The van der Waals surface area contributed by atoms with Crippen molar-refractivity contribution in [2.45, 2.75) is 13.3 Å². The second kappa shape index (κ2) is 7.75. The summed E-state index contributed by atoms with van der Waals surface area (Å²) in [6.45, 7) is 4.36. The van der Waals surface area contributed by atoms with Crippen LogP contribution in [0.2, 0.25) is 0 Å². The van der Waals surface area contributed by atoms with Crippen molar-refractivity contribution in [1.82, 2.24) is 10.4 Å². The van der Waals surface area contributed by atoms with Crippen molar-refractivity contribution < 1.29 is 19.1 Å². The van der Waals surface area contributed by atoms with Crippen LogP contribution in [0.25, 0.3) is 0 Å². The molecule has 6 heteroatoms. The van der Waals surface area contributed by atoms with E-state index in [0.29, 0.717) is 44.0 Å². The van der Waals surface area contributed by atoms with Crippen molar-refractivity contribution in [3.8, 4) is 5.75 Å². The zero-order valence-electron chi connectivity index (χ0n) is 12.1. The molecule has 21 heavy (non-hydrogen) atoms. The van der Waals surface area contributed by atoms with Crippen molar-refractivity contribution >= 4 is 11.7 Å². The first kappa shape index (κ1) is 15.5. The normalized spacial score (nSPS) is 15.5. The molecule has 0 radical (unpaired) electrons. The van der Waals surface area contributed by atoms with Gasteiger partial charge in [-0.2, -0.15) is 0 Å². The standard InChI is InChI=1S/C15H20N2O4/c1-2-14(18)12-3-5-13(6-4-12)21-11-15(19)16-17-7-9-20-10-8-17/h3-6H,2,7-11H2,1H3,(H,16,19). The Morgan fingerprint density at radius 1 is 1.24 bits per heavy atom. The van der Waals surface area contributed by atoms with Gasteiger partial charge in [0.1, 0.15) is 5.75 Å². The van der Waals surface area contributed by atoms with Crippen LogP contribution >= 0.6 is 0 Å². The van der Waals surface area contributed by atoms with E-state index in [1.807, 2.05) is 11.9 Å². The number of amides is 1. The molecular weight excluding hydrogens is 272 g/mol. The maximum absolute atomic E-state index is 11.7. The zero-order valence-corrected chi connectivity index (χ0v) is 12.1. The van der Waals surface area contributed by atoms with Crippen molar-refractivity contribution in [1.29, 1.82) is 0 Å². The topological polar surface area (TPSA) is 67.9 Å². The first-order valence-corrected chi connectivity index (χ1v) is 7.07. The molecule has 0 aromatic heterocycles. The lowest BCUT2D eigenvalue weighted by molar-refractivity contribution is -0.130. The average molecular weight is 292 g/mol. The van der Waals surface area contributed by atoms with Gasteiger partial charge in [0.05, 0.1) is 13.2 Å². The van der Waals surface area contributed by atoms with E-state index in [-0.39, 0.29) is 18.3 Å². The Morgan fingerprint density at radius 3 is 2.52 bits per heavy atom. The van der Waals surface area contributed by atoms with E-state index < -0.39 is 0 Å². The third-order valence-corrected chi connectivity index (χ3v) is 3.16. The average Bonchev–Trinajstić information content (AvgIpc) is 2.53. The van der Waals surface area contributed by atoms with Crippen LogP contribution in [0.5, 0.6) is 5.75 Å². The number of hydrogen-bond acceptors (Lipinski definition) is 5. The summed E-state index contributed by atoms with van der Waals surface area (Å²) >= 11 is 0. The highest BCUT2D eigenvalue weighted by molar-refractivity contribution is 5.95. The second-order valence-corrected chi connectivity index (χ2v) is 4.72. The molecule has 0 atom stereocenters. The number of nitrogens with zero attached hydrogens (tertiary/aromatic N) is 1. The largest absolute Gasteiger partial charge is 0.484 e. The lowest BCUT2D eigenvalue weighted by atomic mass is 10.1. The minimum absolute atomic E-state index is 0.0571. The molecule has 0 bridgehead atoms. The van der Waals surface area contributed by atoms with Crippen LogP contribution in [0, 0.1) is 0 Å². The van der Waals surface area contributed by atoms with Gasteiger partial charge >= 0.3 is 0 Å². The fourth-order valence-corrected chi connectivity index (χ4v) is 1.97. The van der Waals surface area contributed by atoms with Crippen LogP contribution in [0.4, 0.5) is 0 Å². The Labute approximate surface area is 124 Å². The van der Waals surface area contributed by atoms with Crippen LogP contribution in [0.15, 0.2) is 24.3 Å². The monoisotopic (exact) mass is 292 g/mol. The Morgan fingerprint density at radius 2 is 1.90 bits per heavy atom. The van der Waals surface area contributed by atoms with Gasteiger partial charge in [-0.3, -0.25) is 15.0 Å². The molecule has 1 aliphatic heterocycles. The lowest BCUT2D eigenvalue weighted by Crippen LogP contribution is -2.49. The molecule has 1 N–H and O–H groups in total. The maximum Gasteiger partial charge on any atom is 0.272 e. The Hall–Kier alpha value is -1.92. The molecule has 1 saturated heterocycles. The Bertz CT molecular complexity index is 481. The summed E-state index contributed by atoms with van der Waals surface area (Å²) in [7, 11) is 0. The van der Waals surface area contributed by atoms with E-state index in [1.165, 1.54) is 0 Å². The maximum atomic E-state index is 11.7. The van der Waals surface area contributed by atoms with Gasteiger partial charge in [0.15, 0.2) is 12.4 Å². The molecule has 1 fully saturated rings. The number of hydrazine groups is 1. The zero-order chi connectivity index (χ0) is 15.1. The van der Waals surface area contributed by atoms with E-state index in [0.717, 1.165) is 0 Å². The fourth-order valence-electron chi connectivity index (χ4n) is 1.97. The molecule has 0 spiro atoms. The molecule has 1 aliphatic rings. The number of carbonyl (C=O) groups is 2. The van der Waals surface area contributed by atoms with E-state index >= 15 is 0 Å². The minimum Gasteiger partial charge on any atom is -0.484 e. The van der Waals surface area contributed by atoms with Gasteiger partial charge in [0, 0.05) is 25.1 Å². The molecule has 1 heterocycles. The van der Waals surface area contributed by atoms with E-state index in [2.05, 4.69) is 5.43 Å². The number of ether oxygens (including phenoxy) is 2. The highest BCUT2D eigenvalue weighted by Crippen LogP contribution is 2.13. The first-order valence-electron chi connectivity index (χ1n) is 7.07. The summed E-state index contributed by atoms with van der Waals surface area (Å²) in [6, 6.07) is 6.82. The highest BCUT2D eigenvalue weighted by Gasteiger charge is 2.13. The van der Waals surface area contributed by atoms with Crippen LogP contribution in [-0.2, 0) is 9.53 Å².